The average molecular weight is 250 g/mol. The summed E-state index contributed by atoms with van der Waals surface area (Å²) >= 11 is 0. The van der Waals surface area contributed by atoms with Gasteiger partial charge in [0.25, 0.3) is 0 Å². The first-order valence-electron chi connectivity index (χ1n) is 4.14. The number of nitro groups is 1. The summed E-state index contributed by atoms with van der Waals surface area (Å²) in [5.74, 6) is -2.46. The Bertz CT molecular complexity index is 472. The van der Waals surface area contributed by atoms with Crippen molar-refractivity contribution in [1.82, 2.24) is 4.98 Å². The van der Waals surface area contributed by atoms with Gasteiger partial charge >= 0.3 is 18.0 Å². The maximum atomic E-state index is 12.5. The van der Waals surface area contributed by atoms with Gasteiger partial charge in [-0.1, -0.05) is 0 Å². The van der Waals surface area contributed by atoms with E-state index in [0.717, 1.165) is 0 Å². The van der Waals surface area contributed by atoms with Crippen LogP contribution in [0.15, 0.2) is 12.3 Å². The van der Waals surface area contributed by atoms with Crippen molar-refractivity contribution in [1.29, 1.82) is 0 Å². The summed E-state index contributed by atoms with van der Waals surface area (Å²) in [5, 5.41) is 18.7. The van der Waals surface area contributed by atoms with Gasteiger partial charge in [-0.3, -0.25) is 4.79 Å². The van der Waals surface area contributed by atoms with Crippen LogP contribution in [0.3, 0.4) is 0 Å². The van der Waals surface area contributed by atoms with E-state index in [-0.39, 0.29) is 6.07 Å². The molecule has 0 radical (unpaired) electrons. The van der Waals surface area contributed by atoms with Crippen LogP contribution in [0.2, 0.25) is 0 Å². The van der Waals surface area contributed by atoms with Crippen LogP contribution in [0.4, 0.5) is 19.0 Å². The first-order chi connectivity index (χ1) is 7.71. The number of hydrogen-bond acceptors (Lipinski definition) is 4. The van der Waals surface area contributed by atoms with E-state index in [9.17, 15) is 28.1 Å². The fraction of sp³-hybridized carbons (Fsp3) is 0.250. The molecule has 1 heterocycles. The third kappa shape index (κ3) is 3.13. The zero-order valence-corrected chi connectivity index (χ0v) is 8.06. The molecule has 0 aliphatic rings. The smallest absolute Gasteiger partial charge is 0.417 e. The molecule has 0 saturated carbocycles. The molecule has 6 nitrogen and oxygen atoms in total. The summed E-state index contributed by atoms with van der Waals surface area (Å²) in [6, 6.07) is 0.221. The summed E-state index contributed by atoms with van der Waals surface area (Å²) in [6.45, 7) is 0. The predicted molar refractivity (Wildman–Crippen MR) is 47.2 cm³/mol. The maximum Gasteiger partial charge on any atom is 0.417 e. The number of carboxylic acid groups (broad SMARTS) is 1. The minimum Gasteiger partial charge on any atom is -0.481 e. The fourth-order valence-corrected chi connectivity index (χ4v) is 1.14. The van der Waals surface area contributed by atoms with Gasteiger partial charge < -0.3 is 15.2 Å². The van der Waals surface area contributed by atoms with Gasteiger partial charge in [0.2, 0.25) is 0 Å². The molecule has 0 amide bonds. The third-order valence-electron chi connectivity index (χ3n) is 1.81. The lowest BCUT2D eigenvalue weighted by molar-refractivity contribution is -0.389. The summed E-state index contributed by atoms with van der Waals surface area (Å²) in [6.07, 6.45) is -5.21. The van der Waals surface area contributed by atoms with E-state index in [1.807, 2.05) is 0 Å². The van der Waals surface area contributed by atoms with Crippen molar-refractivity contribution in [3.8, 4) is 0 Å². The monoisotopic (exact) mass is 250 g/mol. The number of nitrogens with zero attached hydrogens (tertiary/aromatic N) is 2. The van der Waals surface area contributed by atoms with E-state index in [1.165, 1.54) is 0 Å². The lowest BCUT2D eigenvalue weighted by Gasteiger charge is -2.09. The number of hydrogen-bond donors (Lipinski definition) is 1. The van der Waals surface area contributed by atoms with Gasteiger partial charge in [-0.2, -0.15) is 13.2 Å². The highest BCUT2D eigenvalue weighted by atomic mass is 19.4. The van der Waals surface area contributed by atoms with Crippen molar-refractivity contribution in [3.63, 3.8) is 0 Å². The zero-order valence-electron chi connectivity index (χ0n) is 8.06. The second-order valence-corrected chi connectivity index (χ2v) is 3.03. The summed E-state index contributed by atoms with van der Waals surface area (Å²) in [7, 11) is 0. The highest BCUT2D eigenvalue weighted by molar-refractivity contribution is 5.70. The number of carboxylic acids is 1. The molecule has 1 rings (SSSR count). The highest BCUT2D eigenvalue weighted by Crippen LogP contribution is 2.33. The second-order valence-electron chi connectivity index (χ2n) is 3.03. The van der Waals surface area contributed by atoms with E-state index >= 15 is 0 Å². The van der Waals surface area contributed by atoms with Crippen molar-refractivity contribution in [2.45, 2.75) is 12.6 Å². The van der Waals surface area contributed by atoms with Crippen LogP contribution in [-0.2, 0) is 17.4 Å². The summed E-state index contributed by atoms with van der Waals surface area (Å²) in [5.41, 5.74) is -1.97. The van der Waals surface area contributed by atoms with Gasteiger partial charge in [0.15, 0.2) is 0 Å². The highest BCUT2D eigenvalue weighted by Gasteiger charge is 2.36. The van der Waals surface area contributed by atoms with Gasteiger partial charge in [-0.05, 0) is 9.91 Å². The molecule has 1 N–H and O–H groups in total. The lowest BCUT2D eigenvalue weighted by Crippen LogP contribution is -2.13. The Kier molecular flexibility index (Phi) is 3.30. The first-order valence-corrected chi connectivity index (χ1v) is 4.14. The van der Waals surface area contributed by atoms with Gasteiger partial charge in [0, 0.05) is 11.6 Å². The second kappa shape index (κ2) is 4.36. The molecular weight excluding hydrogens is 245 g/mol. The number of halogens is 3. The van der Waals surface area contributed by atoms with Crippen LogP contribution >= 0.6 is 0 Å². The standard InChI is InChI=1S/C8H5F3N2O4/c9-8(10,11)5-2-6(13(16)17)12-3-4(5)1-7(14)15/h2-3H,1H2,(H,14,15). The van der Waals surface area contributed by atoms with Crippen molar-refractivity contribution >= 4 is 11.8 Å². The van der Waals surface area contributed by atoms with Crippen LogP contribution in [0.5, 0.6) is 0 Å². The summed E-state index contributed by atoms with van der Waals surface area (Å²) < 4.78 is 37.5. The minimum absolute atomic E-state index is 0.221. The molecule has 0 aromatic carbocycles. The molecule has 17 heavy (non-hydrogen) atoms. The molecule has 92 valence electrons. The molecule has 0 saturated heterocycles. The Balaban J connectivity index is 3.31. The number of aromatic nitrogens is 1. The molecule has 0 spiro atoms. The Morgan fingerprint density at radius 3 is 2.53 bits per heavy atom. The number of rotatable bonds is 3. The zero-order chi connectivity index (χ0) is 13.2. The minimum atomic E-state index is -4.86. The third-order valence-corrected chi connectivity index (χ3v) is 1.81. The van der Waals surface area contributed by atoms with E-state index in [0.29, 0.717) is 6.20 Å². The normalized spacial score (nSPS) is 11.2. The molecule has 0 aliphatic carbocycles. The fourth-order valence-electron chi connectivity index (χ4n) is 1.14. The first kappa shape index (κ1) is 12.9. The summed E-state index contributed by atoms with van der Waals surface area (Å²) in [4.78, 5) is 22.7. The van der Waals surface area contributed by atoms with Gasteiger partial charge in [-0.15, -0.1) is 0 Å². The number of aliphatic carboxylic acids is 1. The van der Waals surface area contributed by atoms with Crippen LogP contribution in [0.1, 0.15) is 11.1 Å². The van der Waals surface area contributed by atoms with Gasteiger partial charge in [0.05, 0.1) is 12.0 Å². The molecule has 0 fully saturated rings. The Morgan fingerprint density at radius 2 is 2.12 bits per heavy atom. The van der Waals surface area contributed by atoms with E-state index < -0.39 is 40.4 Å². The van der Waals surface area contributed by atoms with Gasteiger partial charge in [-0.25, -0.2) is 0 Å². The molecule has 0 atom stereocenters. The quantitative estimate of drug-likeness (QED) is 0.650. The Labute approximate surface area is 91.9 Å². The van der Waals surface area contributed by atoms with Crippen molar-refractivity contribution in [3.05, 3.63) is 33.5 Å². The van der Waals surface area contributed by atoms with Crippen molar-refractivity contribution in [2.24, 2.45) is 0 Å². The van der Waals surface area contributed by atoms with Crippen LogP contribution in [0.25, 0.3) is 0 Å². The van der Waals surface area contributed by atoms with Crippen molar-refractivity contribution < 1.29 is 28.0 Å². The maximum absolute atomic E-state index is 12.5. The van der Waals surface area contributed by atoms with Crippen LogP contribution in [0, 0.1) is 10.1 Å². The van der Waals surface area contributed by atoms with Crippen molar-refractivity contribution in [2.75, 3.05) is 0 Å². The Morgan fingerprint density at radius 1 is 1.53 bits per heavy atom. The molecular formula is C8H5F3N2O4. The molecule has 0 unspecified atom stereocenters. The van der Waals surface area contributed by atoms with Gasteiger partial charge in [0.1, 0.15) is 6.20 Å². The largest absolute Gasteiger partial charge is 0.481 e. The molecule has 0 aliphatic heterocycles. The number of pyridine rings is 1. The van der Waals surface area contributed by atoms with E-state index in [4.69, 9.17) is 5.11 Å². The molecule has 1 aromatic heterocycles. The van der Waals surface area contributed by atoms with E-state index in [1.54, 1.807) is 0 Å². The predicted octanol–water partition coefficient (Wildman–Crippen LogP) is 1.64. The Hall–Kier alpha value is -2.19. The van der Waals surface area contributed by atoms with E-state index in [2.05, 4.69) is 4.98 Å². The van der Waals surface area contributed by atoms with Crippen LogP contribution in [-0.4, -0.2) is 21.0 Å². The lowest BCUT2D eigenvalue weighted by atomic mass is 10.1. The number of alkyl halides is 3. The SMILES string of the molecule is O=C(O)Cc1cnc([N+](=O)[O-])cc1C(F)(F)F. The topological polar surface area (TPSA) is 93.3 Å². The number of carbonyl (C=O) groups is 1. The van der Waals surface area contributed by atoms with Crippen LogP contribution < -0.4 is 0 Å². The molecule has 0 bridgehead atoms. The molecule has 1 aromatic rings. The molecule has 9 heteroatoms. The average Bonchev–Trinajstić information content (AvgIpc) is 2.15.